The van der Waals surface area contributed by atoms with E-state index < -0.39 is 6.43 Å². The summed E-state index contributed by atoms with van der Waals surface area (Å²) in [5.74, 6) is 0. The van der Waals surface area contributed by atoms with E-state index in [4.69, 9.17) is 0 Å². The lowest BCUT2D eigenvalue weighted by Crippen LogP contribution is -2.06. The molecule has 1 aromatic heterocycles. The molecule has 1 rings (SSSR count). The van der Waals surface area contributed by atoms with Gasteiger partial charge in [-0.1, -0.05) is 21.1 Å². The predicted molar refractivity (Wildman–Crippen MR) is 43.5 cm³/mol. The molecule has 1 heterocycles. The van der Waals surface area contributed by atoms with Crippen molar-refractivity contribution in [1.82, 2.24) is 15.0 Å². The zero-order chi connectivity index (χ0) is 8.97. The van der Waals surface area contributed by atoms with Crippen molar-refractivity contribution in [3.63, 3.8) is 0 Å². The quantitative estimate of drug-likeness (QED) is 0.746. The number of nitrogens with zero attached hydrogens (tertiary/aromatic N) is 3. The first-order valence-corrected chi connectivity index (χ1v) is 4.57. The molecule has 6 heteroatoms. The second kappa shape index (κ2) is 4.49. The Labute approximate surface area is 76.9 Å². The van der Waals surface area contributed by atoms with Crippen LogP contribution in [-0.4, -0.2) is 26.7 Å². The fourth-order valence-electron chi connectivity index (χ4n) is 0.781. The van der Waals surface area contributed by atoms with Gasteiger partial charge in [-0.2, -0.15) is 0 Å². The largest absolute Gasteiger partial charge is 0.257 e. The third kappa shape index (κ3) is 2.84. The second-order valence-electron chi connectivity index (χ2n) is 2.26. The van der Waals surface area contributed by atoms with E-state index in [0.717, 1.165) is 15.7 Å². The van der Waals surface area contributed by atoms with Crippen molar-refractivity contribution in [3.05, 3.63) is 11.9 Å². The summed E-state index contributed by atoms with van der Waals surface area (Å²) in [7, 11) is 0. The van der Waals surface area contributed by atoms with Gasteiger partial charge in [0.1, 0.15) is 6.54 Å². The Hall–Kier alpha value is -0.520. The Morgan fingerprint density at radius 3 is 2.92 bits per heavy atom. The Morgan fingerprint density at radius 2 is 2.33 bits per heavy atom. The first kappa shape index (κ1) is 9.57. The summed E-state index contributed by atoms with van der Waals surface area (Å²) >= 11 is 3.22. The zero-order valence-electron chi connectivity index (χ0n) is 6.25. The molecule has 0 bridgehead atoms. The van der Waals surface area contributed by atoms with Crippen LogP contribution in [0.4, 0.5) is 8.78 Å². The molecule has 0 fully saturated rings. The minimum atomic E-state index is -2.37. The molecule has 0 aromatic carbocycles. The molecule has 0 aliphatic heterocycles. The van der Waals surface area contributed by atoms with Crippen LogP contribution in [0.25, 0.3) is 0 Å². The number of hydrogen-bond acceptors (Lipinski definition) is 2. The lowest BCUT2D eigenvalue weighted by atomic mass is 10.4. The van der Waals surface area contributed by atoms with E-state index in [1.807, 2.05) is 0 Å². The standard InChI is InChI=1S/C6H8BrF2N3/c7-2-1-5-3-12(11-10-5)4-6(8)9/h3,6H,1-2,4H2. The van der Waals surface area contributed by atoms with Gasteiger partial charge in [-0.25, -0.2) is 13.5 Å². The van der Waals surface area contributed by atoms with E-state index in [-0.39, 0.29) is 6.54 Å². The highest BCUT2D eigenvalue weighted by Gasteiger charge is 2.05. The van der Waals surface area contributed by atoms with Crippen LogP contribution >= 0.6 is 15.9 Å². The normalized spacial score (nSPS) is 11.0. The van der Waals surface area contributed by atoms with Gasteiger partial charge in [-0.05, 0) is 0 Å². The van der Waals surface area contributed by atoms with Crippen LogP contribution in [0.5, 0.6) is 0 Å². The summed E-state index contributed by atoms with van der Waals surface area (Å²) in [4.78, 5) is 0. The maximum Gasteiger partial charge on any atom is 0.257 e. The van der Waals surface area contributed by atoms with Gasteiger partial charge in [0.2, 0.25) is 0 Å². The molecule has 3 nitrogen and oxygen atoms in total. The van der Waals surface area contributed by atoms with Crippen molar-refractivity contribution in [2.75, 3.05) is 5.33 Å². The number of aryl methyl sites for hydroxylation is 1. The van der Waals surface area contributed by atoms with Crippen LogP contribution in [0.2, 0.25) is 0 Å². The van der Waals surface area contributed by atoms with E-state index in [1.54, 1.807) is 0 Å². The Bertz CT molecular complexity index is 238. The molecule has 0 N–H and O–H groups in total. The van der Waals surface area contributed by atoms with Crippen molar-refractivity contribution >= 4 is 15.9 Å². The molecule has 12 heavy (non-hydrogen) atoms. The number of hydrogen-bond donors (Lipinski definition) is 0. The highest BCUT2D eigenvalue weighted by molar-refractivity contribution is 9.09. The molecule has 0 saturated carbocycles. The summed E-state index contributed by atoms with van der Waals surface area (Å²) in [5.41, 5.74) is 0.729. The molecule has 1 aromatic rings. The minimum absolute atomic E-state index is 0.380. The topological polar surface area (TPSA) is 30.7 Å². The van der Waals surface area contributed by atoms with Gasteiger partial charge < -0.3 is 0 Å². The van der Waals surface area contributed by atoms with Gasteiger partial charge in [0, 0.05) is 17.9 Å². The van der Waals surface area contributed by atoms with Crippen LogP contribution < -0.4 is 0 Å². The molecule has 0 saturated heterocycles. The molecular formula is C6H8BrF2N3. The van der Waals surface area contributed by atoms with E-state index in [9.17, 15) is 8.78 Å². The SMILES string of the molecule is FC(F)Cn1cc(CCBr)nn1. The molecule has 0 spiro atoms. The summed E-state index contributed by atoms with van der Waals surface area (Å²) in [5, 5.41) is 8.01. The van der Waals surface area contributed by atoms with Gasteiger partial charge in [-0.3, -0.25) is 0 Å². The van der Waals surface area contributed by atoms with Crippen LogP contribution in [0.3, 0.4) is 0 Å². The number of halogens is 3. The molecule has 0 radical (unpaired) electrons. The Kier molecular flexibility index (Phi) is 3.58. The molecule has 0 atom stereocenters. The van der Waals surface area contributed by atoms with E-state index in [1.165, 1.54) is 6.20 Å². The number of aromatic nitrogens is 3. The van der Waals surface area contributed by atoms with Gasteiger partial charge in [-0.15, -0.1) is 5.10 Å². The Balaban J connectivity index is 2.52. The van der Waals surface area contributed by atoms with Crippen molar-refractivity contribution in [2.24, 2.45) is 0 Å². The Morgan fingerprint density at radius 1 is 1.58 bits per heavy atom. The average molecular weight is 240 g/mol. The highest BCUT2D eigenvalue weighted by Crippen LogP contribution is 2.00. The van der Waals surface area contributed by atoms with E-state index >= 15 is 0 Å². The monoisotopic (exact) mass is 239 g/mol. The summed E-state index contributed by atoms with van der Waals surface area (Å²) in [6.45, 7) is -0.380. The zero-order valence-corrected chi connectivity index (χ0v) is 7.84. The van der Waals surface area contributed by atoms with Crippen LogP contribution in [0, 0.1) is 0 Å². The van der Waals surface area contributed by atoms with Crippen molar-refractivity contribution in [1.29, 1.82) is 0 Å². The first-order valence-electron chi connectivity index (χ1n) is 3.45. The van der Waals surface area contributed by atoms with Gasteiger partial charge in [0.05, 0.1) is 5.69 Å². The summed E-state index contributed by atoms with van der Waals surface area (Å²) < 4.78 is 24.8. The fourth-order valence-corrected chi connectivity index (χ4v) is 1.19. The lowest BCUT2D eigenvalue weighted by molar-refractivity contribution is 0.121. The van der Waals surface area contributed by atoms with Crippen molar-refractivity contribution in [2.45, 2.75) is 19.4 Å². The maximum atomic E-state index is 11.8. The molecule has 0 amide bonds. The van der Waals surface area contributed by atoms with Gasteiger partial charge in [0.15, 0.2) is 0 Å². The van der Waals surface area contributed by atoms with Gasteiger partial charge in [0.25, 0.3) is 6.43 Å². The third-order valence-corrected chi connectivity index (χ3v) is 1.66. The van der Waals surface area contributed by atoms with Crippen molar-refractivity contribution in [3.8, 4) is 0 Å². The first-order chi connectivity index (χ1) is 5.72. The van der Waals surface area contributed by atoms with Gasteiger partial charge >= 0.3 is 0 Å². The van der Waals surface area contributed by atoms with Crippen LogP contribution in [0.1, 0.15) is 5.69 Å². The maximum absolute atomic E-state index is 11.8. The highest BCUT2D eigenvalue weighted by atomic mass is 79.9. The minimum Gasteiger partial charge on any atom is -0.247 e. The fraction of sp³-hybridized carbons (Fsp3) is 0.667. The second-order valence-corrected chi connectivity index (χ2v) is 3.05. The van der Waals surface area contributed by atoms with E-state index in [2.05, 4.69) is 26.2 Å². The number of rotatable bonds is 4. The average Bonchev–Trinajstić information content (AvgIpc) is 2.36. The van der Waals surface area contributed by atoms with Crippen LogP contribution in [0.15, 0.2) is 6.20 Å². The summed E-state index contributed by atoms with van der Waals surface area (Å²) in [6.07, 6.45) is -0.125. The van der Waals surface area contributed by atoms with Crippen LogP contribution in [-0.2, 0) is 13.0 Å². The molecule has 0 unspecified atom stereocenters. The molecule has 0 aliphatic rings. The van der Waals surface area contributed by atoms with E-state index in [0.29, 0.717) is 6.42 Å². The van der Waals surface area contributed by atoms with Crippen molar-refractivity contribution < 1.29 is 8.78 Å². The molecular weight excluding hydrogens is 232 g/mol. The predicted octanol–water partition coefficient (Wildman–Crippen LogP) is 1.48. The smallest absolute Gasteiger partial charge is 0.247 e. The molecule has 0 aliphatic carbocycles. The third-order valence-electron chi connectivity index (χ3n) is 1.26. The summed E-state index contributed by atoms with van der Waals surface area (Å²) in [6, 6.07) is 0. The molecule has 68 valence electrons. The number of alkyl halides is 3. The lowest BCUT2D eigenvalue weighted by Gasteiger charge is -1.95.